The van der Waals surface area contributed by atoms with Gasteiger partial charge in [0.1, 0.15) is 12.0 Å². The third-order valence-corrected chi connectivity index (χ3v) is 20.7. The van der Waals surface area contributed by atoms with Crippen LogP contribution in [0.15, 0.2) is 322 Å². The fourth-order valence-corrected chi connectivity index (χ4v) is 15.9. The zero-order chi connectivity index (χ0) is 68.3. The fourth-order valence-electron chi connectivity index (χ4n) is 15.9. The van der Waals surface area contributed by atoms with Crippen LogP contribution < -0.4 is 0 Å². The van der Waals surface area contributed by atoms with E-state index in [9.17, 15) is 0 Å². The lowest BCUT2D eigenvalue weighted by Gasteiger charge is -2.11. The second-order valence-electron chi connectivity index (χ2n) is 26.4. The summed E-state index contributed by atoms with van der Waals surface area (Å²) in [4.78, 5) is 51.9. The third-order valence-electron chi connectivity index (χ3n) is 20.7. The van der Waals surface area contributed by atoms with Crippen LogP contribution in [0.1, 0.15) is 0 Å². The number of fused-ring (bicyclic) bond motifs is 16. The van der Waals surface area contributed by atoms with E-state index in [0.717, 1.165) is 99.2 Å². The molecule has 3 aliphatic carbocycles. The van der Waals surface area contributed by atoms with Crippen molar-refractivity contribution in [3.63, 3.8) is 0 Å². The van der Waals surface area contributed by atoms with E-state index in [2.05, 4.69) is 266 Å². The Bertz CT molecular complexity index is 6650. The van der Waals surface area contributed by atoms with Gasteiger partial charge < -0.3 is 0 Å². The van der Waals surface area contributed by atoms with Crippen molar-refractivity contribution in [3.8, 4) is 135 Å². The highest BCUT2D eigenvalue weighted by molar-refractivity contribution is 6.21. The summed E-state index contributed by atoms with van der Waals surface area (Å²) in [5, 5.41) is 12.8. The van der Waals surface area contributed by atoms with Crippen molar-refractivity contribution in [2.45, 2.75) is 0 Å². The minimum Gasteiger partial charge on any atom is -0.256 e. The topological polar surface area (TPSA) is 142 Å². The maximum atomic E-state index is 4.99. The van der Waals surface area contributed by atoms with Crippen LogP contribution in [0.25, 0.3) is 222 Å². The first-order valence-electron chi connectivity index (χ1n) is 34.7. The molecule has 20 aromatic rings. The zero-order valence-corrected chi connectivity index (χ0v) is 55.5. The number of benzene rings is 12. The monoisotopic (exact) mass is 1320 g/mol. The Morgan fingerprint density at radius 2 is 0.587 bits per heavy atom. The molecule has 0 saturated heterocycles. The van der Waals surface area contributed by atoms with Crippen molar-refractivity contribution >= 4 is 86.8 Å². The van der Waals surface area contributed by atoms with Gasteiger partial charge in [-0.3, -0.25) is 19.9 Å². The van der Waals surface area contributed by atoms with Crippen molar-refractivity contribution in [3.05, 3.63) is 322 Å². The summed E-state index contributed by atoms with van der Waals surface area (Å²) >= 11 is 0. The molecular weight excluding hydrogens is 1270 g/mol. The predicted molar refractivity (Wildman–Crippen MR) is 421 cm³/mol. The normalized spacial score (nSPS) is 11.8. The summed E-state index contributed by atoms with van der Waals surface area (Å²) in [6.45, 7) is 0. The van der Waals surface area contributed by atoms with Gasteiger partial charge in [-0.15, -0.1) is 0 Å². The van der Waals surface area contributed by atoms with E-state index in [1.165, 1.54) is 99.3 Å². The quantitative estimate of drug-likeness (QED) is 0.147. The Balaban J connectivity index is 0.000000101. The van der Waals surface area contributed by atoms with Crippen molar-refractivity contribution in [1.82, 2.24) is 54.8 Å². The second kappa shape index (κ2) is 23.7. The minimum absolute atomic E-state index is 0.543. The molecule has 0 fully saturated rings. The van der Waals surface area contributed by atoms with E-state index in [4.69, 9.17) is 24.9 Å². The summed E-state index contributed by atoms with van der Waals surface area (Å²) < 4.78 is 0. The molecule has 8 aromatic heterocycles. The Labute approximate surface area is 595 Å². The molecule has 480 valence electrons. The number of rotatable bonds is 6. The molecule has 11 nitrogen and oxygen atoms in total. The predicted octanol–water partition coefficient (Wildman–Crippen LogP) is 22.6. The van der Waals surface area contributed by atoms with Crippen LogP contribution in [0.5, 0.6) is 0 Å². The molecule has 3 aliphatic rings. The lowest BCUT2D eigenvalue weighted by molar-refractivity contribution is 1.06. The van der Waals surface area contributed by atoms with E-state index in [1.54, 1.807) is 12.5 Å². The van der Waals surface area contributed by atoms with Crippen LogP contribution in [0.4, 0.5) is 0 Å². The van der Waals surface area contributed by atoms with E-state index >= 15 is 0 Å². The van der Waals surface area contributed by atoms with E-state index in [-0.39, 0.29) is 0 Å². The standard InChI is InChI=1S/C32H18N4.C31H17N5.C30H18N2/c1-2-7-22-21(6-1)23-8-3-9-24-26(14-13-25(22)29(23)24)32-34-18-16-28(36-32)27-15-12-20-11-10-19-5-4-17-33-30(19)31(20)35-27;1-2-7-21-20(6-1)22-8-3-9-23-25(14-13-24(21)27(22)23)30-33-17-34-31(36-30)26-15-12-19-11-10-18-5-4-16-32-28(18)29(19)35-26;1-2-7-23-22(6-1)25-8-3-9-26-24(12-13-27(23)30(25)26)29-18-21(14-16-32-29)20-11-10-19-5-4-15-31-28(19)17-20/h1-18H;1-17H;1-18H. The van der Waals surface area contributed by atoms with Crippen LogP contribution in [0.2, 0.25) is 0 Å². The number of nitrogens with zero attached hydrogens (tertiary/aromatic N) is 11. The van der Waals surface area contributed by atoms with Crippen LogP contribution in [0.3, 0.4) is 0 Å². The summed E-state index contributed by atoms with van der Waals surface area (Å²) in [7, 11) is 0. The van der Waals surface area contributed by atoms with Gasteiger partial charge in [-0.2, -0.15) is 0 Å². The van der Waals surface area contributed by atoms with Crippen LogP contribution in [0, 0.1) is 0 Å². The summed E-state index contributed by atoms with van der Waals surface area (Å²) in [6.07, 6.45) is 10.8. The molecule has 0 bridgehead atoms. The largest absolute Gasteiger partial charge is 0.256 e. The van der Waals surface area contributed by atoms with E-state index in [1.807, 2.05) is 73.3 Å². The smallest absolute Gasteiger partial charge is 0.181 e. The highest BCUT2D eigenvalue weighted by atomic mass is 15.0. The van der Waals surface area contributed by atoms with Crippen molar-refractivity contribution in [2.24, 2.45) is 0 Å². The second-order valence-corrected chi connectivity index (χ2v) is 26.4. The molecule has 0 unspecified atom stereocenters. The average molecular weight is 1320 g/mol. The molecule has 11 heteroatoms. The number of hydrogen-bond donors (Lipinski definition) is 0. The SMILES string of the molecule is c1ccc2c(c1)-c1cccc3c(-c4cc(-c5ccc6cccnc6c5)ccn4)ccc-2c13.c1ccc2c(c1)-c1cccc3c(-c4nccc(-c5ccc6ccc7cccnc7c6n5)n4)ccc-2c13.c1ccc2c(c1)-c1cccc3c(-c4ncnc(-c5ccc6ccc7cccnc7c6n5)n4)ccc-2c13. The Kier molecular flexibility index (Phi) is 13.4. The van der Waals surface area contributed by atoms with Gasteiger partial charge in [0.15, 0.2) is 17.5 Å². The first-order valence-corrected chi connectivity index (χ1v) is 34.7. The molecule has 8 heterocycles. The summed E-state index contributed by atoms with van der Waals surface area (Å²) in [6, 6.07) is 99.7. The molecule has 0 saturated carbocycles. The molecular formula is C93H53N11. The molecule has 0 spiro atoms. The molecule has 104 heavy (non-hydrogen) atoms. The maximum absolute atomic E-state index is 4.99. The summed E-state index contributed by atoms with van der Waals surface area (Å²) in [5.74, 6) is 1.88. The van der Waals surface area contributed by atoms with Gasteiger partial charge in [0, 0.05) is 74.6 Å². The lowest BCUT2D eigenvalue weighted by atomic mass is 9.95. The molecule has 23 rings (SSSR count). The lowest BCUT2D eigenvalue weighted by Crippen LogP contribution is -1.98. The first kappa shape index (κ1) is 58.7. The highest BCUT2D eigenvalue weighted by Crippen LogP contribution is 2.52. The van der Waals surface area contributed by atoms with E-state index < -0.39 is 0 Å². The molecule has 0 aliphatic heterocycles. The van der Waals surface area contributed by atoms with Gasteiger partial charge in [-0.05, 0) is 177 Å². The highest BCUT2D eigenvalue weighted by Gasteiger charge is 2.27. The molecule has 0 atom stereocenters. The van der Waals surface area contributed by atoms with Gasteiger partial charge in [0.05, 0.1) is 44.7 Å². The molecule has 12 aromatic carbocycles. The van der Waals surface area contributed by atoms with Gasteiger partial charge in [-0.1, -0.05) is 218 Å². The van der Waals surface area contributed by atoms with Crippen LogP contribution in [-0.4, -0.2) is 54.8 Å². The van der Waals surface area contributed by atoms with Gasteiger partial charge >= 0.3 is 0 Å². The average Bonchev–Trinajstić information content (AvgIpc) is 1.61. The molecule has 0 radical (unpaired) electrons. The molecule has 0 amide bonds. The fraction of sp³-hybridized carbons (Fsp3) is 0. The van der Waals surface area contributed by atoms with Gasteiger partial charge in [0.2, 0.25) is 0 Å². The molecule has 0 N–H and O–H groups in total. The third kappa shape index (κ3) is 9.48. The van der Waals surface area contributed by atoms with Crippen LogP contribution in [-0.2, 0) is 0 Å². The van der Waals surface area contributed by atoms with Gasteiger partial charge in [0.25, 0.3) is 0 Å². The minimum atomic E-state index is 0.543. The Morgan fingerprint density at radius 1 is 0.183 bits per heavy atom. The summed E-state index contributed by atoms with van der Waals surface area (Å²) in [5.41, 5.74) is 28.7. The number of hydrogen-bond acceptors (Lipinski definition) is 11. The Hall–Kier alpha value is -14.3. The maximum Gasteiger partial charge on any atom is 0.181 e. The zero-order valence-electron chi connectivity index (χ0n) is 55.5. The number of aromatic nitrogens is 11. The Morgan fingerprint density at radius 3 is 1.15 bits per heavy atom. The first-order chi connectivity index (χ1) is 51.6. The van der Waals surface area contributed by atoms with E-state index in [0.29, 0.717) is 23.2 Å². The number of pyridine rings is 6. The van der Waals surface area contributed by atoms with Crippen LogP contribution >= 0.6 is 0 Å². The van der Waals surface area contributed by atoms with Crippen molar-refractivity contribution in [1.29, 1.82) is 0 Å². The van der Waals surface area contributed by atoms with Crippen molar-refractivity contribution in [2.75, 3.05) is 0 Å². The van der Waals surface area contributed by atoms with Gasteiger partial charge in [-0.25, -0.2) is 34.9 Å². The van der Waals surface area contributed by atoms with Crippen molar-refractivity contribution < 1.29 is 0 Å².